The van der Waals surface area contributed by atoms with Gasteiger partial charge in [0.05, 0.1) is 27.7 Å². The van der Waals surface area contributed by atoms with Crippen molar-refractivity contribution in [3.8, 4) is 11.2 Å². The second-order valence-electron chi connectivity index (χ2n) is 9.50. The second-order valence-corrected chi connectivity index (χ2v) is 16.6. The molecule has 0 aromatic heterocycles. The molecule has 0 fully saturated rings. The van der Waals surface area contributed by atoms with Crippen LogP contribution in [0.5, 0.6) is 0 Å². The fourth-order valence-corrected chi connectivity index (χ4v) is 7.09. The molecule has 0 saturated carbocycles. The van der Waals surface area contributed by atoms with Crippen LogP contribution in [0.2, 0.25) is 0 Å². The first kappa shape index (κ1) is 40.1. The molecule has 7 N–H and O–H groups in total. The van der Waals surface area contributed by atoms with Gasteiger partial charge in [0.25, 0.3) is 20.2 Å². The standard InChI is InChI=1S/C26H26N6O13S5/c1-2-45-11-3-13-47(34,35)18-8-9-19(21(14-18)48(36,37)38)30-31-20-15-22(49(39,40)41)25(28)26(24(20)27)32-29-16-4-6-17(7-5-16)46-12-10-23(33)50(42,43)44/h4-9,14-15H,2-3,11,13,27-28H2,1H3,(H,36,37,38)(H,39,40,41)(H,42,43,44). The minimum Gasteiger partial charge on any atom is -0.396 e. The number of carbonyl (C=O) groups is 1. The van der Waals surface area contributed by atoms with Crippen LogP contribution in [0.15, 0.2) is 88.6 Å². The second kappa shape index (κ2) is 16.1. The summed E-state index contributed by atoms with van der Waals surface area (Å²) in [5, 5.41) is 15.7. The number of carbonyl (C=O) groups excluding carboxylic acids is 1. The molecule has 3 aromatic rings. The number of nitrogens with zero attached hydrogens (tertiary/aromatic N) is 4. The molecule has 50 heavy (non-hydrogen) atoms. The lowest BCUT2D eigenvalue weighted by Gasteiger charge is -2.11. The van der Waals surface area contributed by atoms with E-state index in [0.29, 0.717) is 23.6 Å². The molecule has 0 aliphatic heterocycles. The van der Waals surface area contributed by atoms with Gasteiger partial charge in [0, 0.05) is 24.0 Å². The van der Waals surface area contributed by atoms with E-state index in [1.807, 2.05) is 0 Å². The van der Waals surface area contributed by atoms with Crippen LogP contribution in [0.4, 0.5) is 34.1 Å². The summed E-state index contributed by atoms with van der Waals surface area (Å²) in [5.74, 6) is 1.33. The van der Waals surface area contributed by atoms with Crippen molar-refractivity contribution in [1.29, 1.82) is 0 Å². The molecule has 24 heteroatoms. The molecule has 0 heterocycles. The van der Waals surface area contributed by atoms with Crippen LogP contribution in [-0.4, -0.2) is 71.4 Å². The summed E-state index contributed by atoms with van der Waals surface area (Å²) in [5.41, 5.74) is 9.44. The number of nitrogens with two attached hydrogens (primary N) is 2. The van der Waals surface area contributed by atoms with E-state index in [2.05, 4.69) is 25.7 Å². The predicted octanol–water partition coefficient (Wildman–Crippen LogP) is 3.84. The fourth-order valence-electron chi connectivity index (χ4n) is 3.64. The Bertz CT molecular complexity index is 2370. The summed E-state index contributed by atoms with van der Waals surface area (Å²) in [6, 6.07) is 8.92. The van der Waals surface area contributed by atoms with E-state index in [9.17, 15) is 47.6 Å². The van der Waals surface area contributed by atoms with Gasteiger partial charge in [-0.1, -0.05) is 0 Å². The number of nitrogen functional groups attached to an aromatic ring is 2. The fraction of sp³-hybridized carbons (Fsp3) is 0.192. The summed E-state index contributed by atoms with van der Waals surface area (Å²) in [4.78, 5) is 9.24. The van der Waals surface area contributed by atoms with Crippen molar-refractivity contribution in [2.45, 2.75) is 32.9 Å². The van der Waals surface area contributed by atoms with Gasteiger partial charge >= 0.3 is 15.2 Å². The first-order valence-corrected chi connectivity index (χ1v) is 20.2. The average Bonchev–Trinajstić information content (AvgIpc) is 3.01. The number of ether oxygens (including phenoxy) is 1. The van der Waals surface area contributed by atoms with Gasteiger partial charge in [0.1, 0.15) is 26.9 Å². The molecule has 0 radical (unpaired) electrons. The third-order valence-electron chi connectivity index (χ3n) is 6.00. The number of hydrogen-bond donors (Lipinski definition) is 5. The lowest BCUT2D eigenvalue weighted by Crippen LogP contribution is -2.10. The molecule has 0 aliphatic rings. The zero-order valence-corrected chi connectivity index (χ0v) is 29.4. The molecule has 3 aromatic carbocycles. The number of benzene rings is 3. The molecule has 19 nitrogen and oxygen atoms in total. The molecule has 268 valence electrons. The maximum absolute atomic E-state index is 12.7. The van der Waals surface area contributed by atoms with Crippen LogP contribution in [0, 0.1) is 11.2 Å². The van der Waals surface area contributed by atoms with E-state index in [-0.39, 0.29) is 18.7 Å². The molecule has 0 bridgehead atoms. The molecule has 0 unspecified atom stereocenters. The van der Waals surface area contributed by atoms with Gasteiger partial charge in [-0.3, -0.25) is 18.5 Å². The van der Waals surface area contributed by atoms with Crippen molar-refractivity contribution in [1.82, 2.24) is 0 Å². The SMILES string of the molecule is CCOCCCS(=O)(=O)c1ccc(N=Nc2cc(S(=O)(=O)O)c(N)c(N=Nc3ccc(SC#CC(=O)S(=O)(=O)O)cc3)c2N)c(S(=O)(=O)O)c1. The quantitative estimate of drug-likeness (QED) is 0.0410. The van der Waals surface area contributed by atoms with Gasteiger partial charge in [-0.05, 0) is 78.9 Å². The van der Waals surface area contributed by atoms with E-state index in [1.54, 1.807) is 12.8 Å². The van der Waals surface area contributed by atoms with Gasteiger partial charge in [0.15, 0.2) is 9.84 Å². The van der Waals surface area contributed by atoms with Crippen LogP contribution >= 0.6 is 11.8 Å². The topological polar surface area (TPSA) is 325 Å². The molecule has 0 saturated heterocycles. The van der Waals surface area contributed by atoms with Crippen LogP contribution in [0.1, 0.15) is 13.3 Å². The Kier molecular flexibility index (Phi) is 12.9. The van der Waals surface area contributed by atoms with Gasteiger partial charge in [-0.25, -0.2) is 8.42 Å². The zero-order chi connectivity index (χ0) is 37.5. The Morgan fingerprint density at radius 2 is 1.42 bits per heavy atom. The molecule has 0 aliphatic carbocycles. The number of rotatable bonds is 13. The number of thioether (sulfide) groups is 1. The highest BCUT2D eigenvalue weighted by Crippen LogP contribution is 2.43. The smallest absolute Gasteiger partial charge is 0.347 e. The van der Waals surface area contributed by atoms with Gasteiger partial charge < -0.3 is 16.2 Å². The molecule has 0 spiro atoms. The van der Waals surface area contributed by atoms with Crippen LogP contribution in [-0.2, 0) is 49.7 Å². The molecule has 0 atom stereocenters. The van der Waals surface area contributed by atoms with Crippen LogP contribution in [0.25, 0.3) is 0 Å². The highest BCUT2D eigenvalue weighted by Gasteiger charge is 2.24. The maximum atomic E-state index is 12.7. The van der Waals surface area contributed by atoms with E-state index in [0.717, 1.165) is 23.9 Å². The number of anilines is 2. The maximum Gasteiger partial charge on any atom is 0.347 e. The number of hydrogen-bond acceptors (Lipinski definition) is 17. The lowest BCUT2D eigenvalue weighted by atomic mass is 10.2. The summed E-state index contributed by atoms with van der Waals surface area (Å²) < 4.78 is 129. The zero-order valence-electron chi connectivity index (χ0n) is 25.4. The highest BCUT2D eigenvalue weighted by atomic mass is 32.2. The average molecular weight is 791 g/mol. The number of sulfone groups is 1. The van der Waals surface area contributed by atoms with E-state index < -0.39 is 94.2 Å². The monoisotopic (exact) mass is 790 g/mol. The summed E-state index contributed by atoms with van der Waals surface area (Å²) in [6.07, 6.45) is 0.107. The molecule has 3 rings (SSSR count). The van der Waals surface area contributed by atoms with Gasteiger partial charge in [0.2, 0.25) is 0 Å². The summed E-state index contributed by atoms with van der Waals surface area (Å²) in [6.45, 7) is 2.23. The minimum atomic E-state index is -5.09. The Morgan fingerprint density at radius 1 is 0.800 bits per heavy atom. The Balaban J connectivity index is 2.01. The normalized spacial score (nSPS) is 12.6. The largest absolute Gasteiger partial charge is 0.396 e. The first-order valence-electron chi connectivity index (χ1n) is 13.4. The van der Waals surface area contributed by atoms with Crippen molar-refractivity contribution >= 4 is 91.2 Å². The third-order valence-corrected chi connectivity index (χ3v) is 10.9. The van der Waals surface area contributed by atoms with Crippen molar-refractivity contribution in [2.75, 3.05) is 30.4 Å². The van der Waals surface area contributed by atoms with Crippen molar-refractivity contribution < 1.29 is 56.9 Å². The first-order chi connectivity index (χ1) is 23.1. The van der Waals surface area contributed by atoms with Crippen LogP contribution in [0.3, 0.4) is 0 Å². The molecular formula is C26H26N6O13S5. The number of azo groups is 2. The molecular weight excluding hydrogens is 765 g/mol. The Hall–Kier alpha value is -4.32. The highest BCUT2D eigenvalue weighted by molar-refractivity contribution is 8.04. The minimum absolute atomic E-state index is 0.107. The van der Waals surface area contributed by atoms with Crippen LogP contribution < -0.4 is 11.5 Å². The van der Waals surface area contributed by atoms with E-state index >= 15 is 0 Å². The van der Waals surface area contributed by atoms with Crippen molar-refractivity contribution in [3.63, 3.8) is 0 Å². The van der Waals surface area contributed by atoms with Crippen molar-refractivity contribution in [3.05, 3.63) is 48.5 Å². The lowest BCUT2D eigenvalue weighted by molar-refractivity contribution is -0.107. The predicted molar refractivity (Wildman–Crippen MR) is 179 cm³/mol. The van der Waals surface area contributed by atoms with E-state index in [4.69, 9.17) is 20.8 Å². The van der Waals surface area contributed by atoms with Gasteiger partial charge in [-0.15, -0.1) is 15.3 Å². The summed E-state index contributed by atoms with van der Waals surface area (Å²) in [7, 11) is -19.1. The molecule has 0 amide bonds. The summed E-state index contributed by atoms with van der Waals surface area (Å²) >= 11 is 0.737. The third kappa shape index (κ3) is 10.8. The van der Waals surface area contributed by atoms with Crippen molar-refractivity contribution in [2.24, 2.45) is 20.5 Å². The Labute approximate surface area is 290 Å². The Morgan fingerprint density at radius 3 is 2.00 bits per heavy atom. The van der Waals surface area contributed by atoms with E-state index in [1.165, 1.54) is 24.3 Å². The van der Waals surface area contributed by atoms with Gasteiger partial charge in [-0.2, -0.15) is 30.4 Å².